The zero-order valence-electron chi connectivity index (χ0n) is 13.4. The second-order valence-electron chi connectivity index (χ2n) is 6.06. The van der Waals surface area contributed by atoms with Gasteiger partial charge in [-0.2, -0.15) is 0 Å². The Kier molecular flexibility index (Phi) is 5.20. The lowest BCUT2D eigenvalue weighted by Crippen LogP contribution is -2.35. The number of amides is 1. The maximum absolute atomic E-state index is 13.3. The van der Waals surface area contributed by atoms with Gasteiger partial charge in [-0.1, -0.05) is 18.2 Å². The summed E-state index contributed by atoms with van der Waals surface area (Å²) >= 11 is 0. The van der Waals surface area contributed by atoms with Crippen molar-refractivity contribution in [1.29, 1.82) is 0 Å². The molecule has 126 valence electrons. The van der Waals surface area contributed by atoms with E-state index in [0.29, 0.717) is 18.7 Å². The highest BCUT2D eigenvalue weighted by Gasteiger charge is 2.20. The van der Waals surface area contributed by atoms with Crippen molar-refractivity contribution in [2.75, 3.05) is 26.2 Å². The molecular weight excluding hydrogens is 310 g/mol. The molecule has 1 fully saturated rings. The molecule has 1 heterocycles. The second-order valence-corrected chi connectivity index (χ2v) is 6.06. The van der Waals surface area contributed by atoms with Crippen molar-refractivity contribution >= 4 is 5.91 Å². The first-order chi connectivity index (χ1) is 11.6. The predicted molar refractivity (Wildman–Crippen MR) is 88.6 cm³/mol. The number of rotatable bonds is 3. The third-order valence-electron chi connectivity index (χ3n) is 4.27. The van der Waals surface area contributed by atoms with Crippen molar-refractivity contribution in [2.45, 2.75) is 13.0 Å². The SMILES string of the molecule is O=C(c1cccc(F)c1)N1CCCN(Cc2ccc(F)cc2)CC1. The molecule has 0 aliphatic carbocycles. The molecule has 2 aromatic carbocycles. The minimum Gasteiger partial charge on any atom is -0.337 e. The van der Waals surface area contributed by atoms with Crippen LogP contribution < -0.4 is 0 Å². The summed E-state index contributed by atoms with van der Waals surface area (Å²) in [6.07, 6.45) is 0.863. The van der Waals surface area contributed by atoms with E-state index in [1.807, 2.05) is 0 Å². The van der Waals surface area contributed by atoms with Crippen LogP contribution in [0.4, 0.5) is 8.78 Å². The summed E-state index contributed by atoms with van der Waals surface area (Å²) in [7, 11) is 0. The molecule has 0 N–H and O–H groups in total. The van der Waals surface area contributed by atoms with Crippen molar-refractivity contribution in [3.8, 4) is 0 Å². The number of hydrogen-bond acceptors (Lipinski definition) is 2. The first-order valence-corrected chi connectivity index (χ1v) is 8.13. The van der Waals surface area contributed by atoms with Gasteiger partial charge in [0.2, 0.25) is 0 Å². The van der Waals surface area contributed by atoms with Crippen molar-refractivity contribution in [2.24, 2.45) is 0 Å². The highest BCUT2D eigenvalue weighted by Crippen LogP contribution is 2.13. The molecule has 0 saturated carbocycles. The lowest BCUT2D eigenvalue weighted by molar-refractivity contribution is 0.0760. The van der Waals surface area contributed by atoms with E-state index in [2.05, 4.69) is 4.90 Å². The Hall–Kier alpha value is -2.27. The summed E-state index contributed by atoms with van der Waals surface area (Å²) in [5.41, 5.74) is 1.45. The van der Waals surface area contributed by atoms with Gasteiger partial charge in [0.15, 0.2) is 0 Å². The molecule has 0 unspecified atom stereocenters. The Labute approximate surface area is 140 Å². The normalized spacial score (nSPS) is 16.0. The van der Waals surface area contributed by atoms with Crippen LogP contribution in [0.1, 0.15) is 22.3 Å². The van der Waals surface area contributed by atoms with Crippen LogP contribution >= 0.6 is 0 Å². The molecule has 0 bridgehead atoms. The lowest BCUT2D eigenvalue weighted by atomic mass is 10.2. The van der Waals surface area contributed by atoms with Crippen LogP contribution in [0.2, 0.25) is 0 Å². The van der Waals surface area contributed by atoms with Crippen LogP contribution in [0.3, 0.4) is 0 Å². The van der Waals surface area contributed by atoms with Crippen molar-refractivity contribution in [3.05, 3.63) is 71.3 Å². The third-order valence-corrected chi connectivity index (χ3v) is 4.27. The van der Waals surface area contributed by atoms with E-state index >= 15 is 0 Å². The molecule has 0 atom stereocenters. The minimum absolute atomic E-state index is 0.127. The van der Waals surface area contributed by atoms with E-state index in [4.69, 9.17) is 0 Å². The molecule has 24 heavy (non-hydrogen) atoms. The Morgan fingerprint density at radius 1 is 0.917 bits per heavy atom. The molecule has 1 amide bonds. The average Bonchev–Trinajstić information content (AvgIpc) is 2.82. The van der Waals surface area contributed by atoms with Crippen LogP contribution in [-0.4, -0.2) is 41.9 Å². The number of benzene rings is 2. The lowest BCUT2D eigenvalue weighted by Gasteiger charge is -2.22. The van der Waals surface area contributed by atoms with E-state index in [1.54, 1.807) is 29.2 Å². The standard InChI is InChI=1S/C19H20F2N2O/c20-17-7-5-15(6-8-17)14-22-9-2-10-23(12-11-22)19(24)16-3-1-4-18(21)13-16/h1,3-8,13H,2,9-12,14H2. The largest absolute Gasteiger partial charge is 0.337 e. The molecule has 3 nitrogen and oxygen atoms in total. The molecule has 0 radical (unpaired) electrons. The summed E-state index contributed by atoms with van der Waals surface area (Å²) in [5.74, 6) is -0.756. The second kappa shape index (κ2) is 7.53. The zero-order chi connectivity index (χ0) is 16.9. The van der Waals surface area contributed by atoms with Gasteiger partial charge in [-0.05, 0) is 42.3 Å². The van der Waals surface area contributed by atoms with E-state index in [9.17, 15) is 13.6 Å². The number of carbonyl (C=O) groups excluding carboxylic acids is 1. The third kappa shape index (κ3) is 4.17. The predicted octanol–water partition coefficient (Wildman–Crippen LogP) is 3.31. The van der Waals surface area contributed by atoms with Gasteiger partial charge in [-0.3, -0.25) is 9.69 Å². The number of nitrogens with zero attached hydrogens (tertiary/aromatic N) is 2. The van der Waals surface area contributed by atoms with Gasteiger partial charge in [0, 0.05) is 38.3 Å². The Morgan fingerprint density at radius 3 is 2.46 bits per heavy atom. The molecular formula is C19H20F2N2O. The fourth-order valence-corrected chi connectivity index (χ4v) is 2.98. The minimum atomic E-state index is -0.395. The summed E-state index contributed by atoms with van der Waals surface area (Å²) in [4.78, 5) is 16.5. The maximum Gasteiger partial charge on any atom is 0.254 e. The smallest absolute Gasteiger partial charge is 0.254 e. The van der Waals surface area contributed by atoms with Crippen LogP contribution in [0.25, 0.3) is 0 Å². The van der Waals surface area contributed by atoms with Gasteiger partial charge in [-0.15, -0.1) is 0 Å². The van der Waals surface area contributed by atoms with Crippen molar-refractivity contribution in [3.63, 3.8) is 0 Å². The summed E-state index contributed by atoms with van der Waals surface area (Å²) in [6.45, 7) is 3.64. The van der Waals surface area contributed by atoms with Gasteiger partial charge in [-0.25, -0.2) is 8.78 Å². The Morgan fingerprint density at radius 2 is 1.71 bits per heavy atom. The highest BCUT2D eigenvalue weighted by molar-refractivity contribution is 5.94. The topological polar surface area (TPSA) is 23.6 Å². The van der Waals surface area contributed by atoms with Crippen LogP contribution in [-0.2, 0) is 6.54 Å². The number of halogens is 2. The molecule has 1 saturated heterocycles. The zero-order valence-corrected chi connectivity index (χ0v) is 13.4. The molecule has 1 aliphatic heterocycles. The fraction of sp³-hybridized carbons (Fsp3) is 0.316. The van der Waals surface area contributed by atoms with Crippen LogP contribution in [0.5, 0.6) is 0 Å². The van der Waals surface area contributed by atoms with Gasteiger partial charge in [0.1, 0.15) is 11.6 Å². The van der Waals surface area contributed by atoms with E-state index < -0.39 is 5.82 Å². The van der Waals surface area contributed by atoms with Gasteiger partial charge in [0.25, 0.3) is 5.91 Å². The first-order valence-electron chi connectivity index (χ1n) is 8.13. The summed E-state index contributed by atoms with van der Waals surface area (Å²) < 4.78 is 26.3. The fourth-order valence-electron chi connectivity index (χ4n) is 2.98. The Bertz CT molecular complexity index is 703. The first kappa shape index (κ1) is 16.6. The van der Waals surface area contributed by atoms with Gasteiger partial charge < -0.3 is 4.90 Å². The number of hydrogen-bond donors (Lipinski definition) is 0. The molecule has 2 aromatic rings. The van der Waals surface area contributed by atoms with E-state index in [-0.39, 0.29) is 11.7 Å². The van der Waals surface area contributed by atoms with E-state index in [1.165, 1.54) is 24.3 Å². The molecule has 5 heteroatoms. The average molecular weight is 330 g/mol. The maximum atomic E-state index is 13.3. The van der Waals surface area contributed by atoms with Crippen LogP contribution in [0.15, 0.2) is 48.5 Å². The summed E-state index contributed by atoms with van der Waals surface area (Å²) in [6, 6.07) is 12.3. The molecule has 0 aromatic heterocycles. The molecule has 1 aliphatic rings. The van der Waals surface area contributed by atoms with Crippen LogP contribution in [0, 0.1) is 11.6 Å². The highest BCUT2D eigenvalue weighted by atomic mass is 19.1. The molecule has 0 spiro atoms. The molecule has 3 rings (SSSR count). The van der Waals surface area contributed by atoms with Gasteiger partial charge >= 0.3 is 0 Å². The monoisotopic (exact) mass is 330 g/mol. The van der Waals surface area contributed by atoms with E-state index in [0.717, 1.165) is 31.6 Å². The van der Waals surface area contributed by atoms with Crippen molar-refractivity contribution < 1.29 is 13.6 Å². The summed E-state index contributed by atoms with van der Waals surface area (Å²) in [5, 5.41) is 0. The van der Waals surface area contributed by atoms with Crippen molar-refractivity contribution in [1.82, 2.24) is 9.80 Å². The quantitative estimate of drug-likeness (QED) is 0.862. The van der Waals surface area contributed by atoms with Gasteiger partial charge in [0.05, 0.1) is 0 Å². The Balaban J connectivity index is 1.60. The number of carbonyl (C=O) groups is 1.